The van der Waals surface area contributed by atoms with Gasteiger partial charge < -0.3 is 15.5 Å². The van der Waals surface area contributed by atoms with Gasteiger partial charge in [-0.05, 0) is 23.6 Å². The second-order valence-electron chi connectivity index (χ2n) is 6.45. The van der Waals surface area contributed by atoms with Gasteiger partial charge in [-0.2, -0.15) is 0 Å². The average Bonchev–Trinajstić information content (AvgIpc) is 3.17. The largest absolute Gasteiger partial charge is 0.479 e. The van der Waals surface area contributed by atoms with Gasteiger partial charge in [0.05, 0.1) is 18.8 Å². The minimum Gasteiger partial charge on any atom is -0.479 e. The highest BCUT2D eigenvalue weighted by molar-refractivity contribution is 6.31. The minimum atomic E-state index is -1.81. The van der Waals surface area contributed by atoms with Crippen molar-refractivity contribution in [1.29, 1.82) is 0 Å². The van der Waals surface area contributed by atoms with E-state index < -0.39 is 24.0 Å². The number of nitrogens with zero attached hydrogens (tertiary/aromatic N) is 3. The van der Waals surface area contributed by atoms with Gasteiger partial charge in [-0.3, -0.25) is 4.79 Å². The van der Waals surface area contributed by atoms with Crippen LogP contribution in [-0.4, -0.2) is 49.2 Å². The monoisotopic (exact) mass is 414 g/mol. The molecule has 3 rings (SSSR count). The summed E-state index contributed by atoms with van der Waals surface area (Å²) in [5.74, 6) is -2.09. The summed E-state index contributed by atoms with van der Waals surface area (Å²) in [5, 5.41) is 29.9. The fraction of sp³-hybridized carbons (Fsp3) is 0.200. The van der Waals surface area contributed by atoms with Crippen molar-refractivity contribution in [3.63, 3.8) is 0 Å². The molecule has 150 valence electrons. The lowest BCUT2D eigenvalue weighted by Gasteiger charge is -2.21. The second kappa shape index (κ2) is 9.31. The summed E-state index contributed by atoms with van der Waals surface area (Å²) in [7, 11) is 0. The first-order valence-electron chi connectivity index (χ1n) is 8.83. The van der Waals surface area contributed by atoms with Gasteiger partial charge in [0.25, 0.3) is 5.91 Å². The van der Waals surface area contributed by atoms with Crippen molar-refractivity contribution < 1.29 is 19.8 Å². The molecule has 0 bridgehead atoms. The Morgan fingerprint density at radius 2 is 1.79 bits per heavy atom. The summed E-state index contributed by atoms with van der Waals surface area (Å²) in [6, 6.07) is 15.3. The Morgan fingerprint density at radius 3 is 2.48 bits per heavy atom. The molecule has 0 unspecified atom stereocenters. The first-order valence-corrected chi connectivity index (χ1v) is 9.21. The van der Waals surface area contributed by atoms with Gasteiger partial charge in [0.2, 0.25) is 0 Å². The molecule has 0 fully saturated rings. The number of nitrogens with one attached hydrogen (secondary N) is 1. The molecule has 0 aliphatic heterocycles. The molecule has 0 aliphatic rings. The highest BCUT2D eigenvalue weighted by Crippen LogP contribution is 2.18. The van der Waals surface area contributed by atoms with Crippen molar-refractivity contribution in [2.75, 3.05) is 0 Å². The molecule has 8 nitrogen and oxygen atoms in total. The maximum absolute atomic E-state index is 12.6. The standard InChI is InChI=1S/C20H19ClN4O4/c21-15-9-5-4-8-14(15)10-16(18(26)20(28)29)22-19(27)17-12-25(24-23-17)11-13-6-2-1-3-7-13/h1-9,12,16,18,26H,10-11H2,(H,22,27)(H,28,29)/t16-,18-/m1/s1. The van der Waals surface area contributed by atoms with E-state index in [0.29, 0.717) is 17.1 Å². The predicted molar refractivity (Wildman–Crippen MR) is 106 cm³/mol. The quantitative estimate of drug-likeness (QED) is 0.517. The van der Waals surface area contributed by atoms with Crippen LogP contribution in [0.4, 0.5) is 0 Å². The molecular weight excluding hydrogens is 396 g/mol. The van der Waals surface area contributed by atoms with Crippen LogP contribution in [-0.2, 0) is 17.8 Å². The van der Waals surface area contributed by atoms with Crippen LogP contribution in [0.2, 0.25) is 5.02 Å². The van der Waals surface area contributed by atoms with E-state index in [1.165, 1.54) is 10.9 Å². The van der Waals surface area contributed by atoms with E-state index >= 15 is 0 Å². The third-order valence-corrected chi connectivity index (χ3v) is 4.68. The molecule has 0 saturated heterocycles. The highest BCUT2D eigenvalue weighted by Gasteiger charge is 2.29. The summed E-state index contributed by atoms with van der Waals surface area (Å²) in [6.07, 6.45) is -0.311. The van der Waals surface area contributed by atoms with Gasteiger partial charge >= 0.3 is 5.97 Å². The molecule has 1 aromatic heterocycles. The highest BCUT2D eigenvalue weighted by atomic mass is 35.5. The van der Waals surface area contributed by atoms with Crippen molar-refractivity contribution in [3.05, 3.63) is 82.6 Å². The molecule has 29 heavy (non-hydrogen) atoms. The van der Waals surface area contributed by atoms with E-state index in [1.54, 1.807) is 24.3 Å². The number of hydrogen-bond acceptors (Lipinski definition) is 5. The Morgan fingerprint density at radius 1 is 1.10 bits per heavy atom. The number of aromatic nitrogens is 3. The predicted octanol–water partition coefficient (Wildman–Crippen LogP) is 1.77. The summed E-state index contributed by atoms with van der Waals surface area (Å²) < 4.78 is 1.50. The Kier molecular flexibility index (Phi) is 6.58. The summed E-state index contributed by atoms with van der Waals surface area (Å²) in [6.45, 7) is 0.432. The Hall–Kier alpha value is -3.23. The fourth-order valence-electron chi connectivity index (χ4n) is 2.81. The molecule has 0 spiro atoms. The number of carbonyl (C=O) groups excluding carboxylic acids is 1. The molecule has 2 aromatic carbocycles. The summed E-state index contributed by atoms with van der Waals surface area (Å²) in [4.78, 5) is 23.8. The topological polar surface area (TPSA) is 117 Å². The van der Waals surface area contributed by atoms with Crippen LogP contribution in [0.5, 0.6) is 0 Å². The maximum atomic E-state index is 12.6. The lowest BCUT2D eigenvalue weighted by Crippen LogP contribution is -2.48. The summed E-state index contributed by atoms with van der Waals surface area (Å²) >= 11 is 6.12. The number of carbonyl (C=O) groups is 2. The van der Waals surface area contributed by atoms with E-state index in [2.05, 4.69) is 15.6 Å². The SMILES string of the molecule is O=C(N[C@H](Cc1ccccc1Cl)[C@@H](O)C(=O)O)c1cn(Cc2ccccc2)nn1. The van der Waals surface area contributed by atoms with Crippen molar-refractivity contribution in [2.24, 2.45) is 0 Å². The third kappa shape index (κ3) is 5.40. The van der Waals surface area contributed by atoms with E-state index in [9.17, 15) is 19.8 Å². The van der Waals surface area contributed by atoms with E-state index in [-0.39, 0.29) is 12.1 Å². The van der Waals surface area contributed by atoms with Crippen LogP contribution in [0.15, 0.2) is 60.8 Å². The van der Waals surface area contributed by atoms with Crippen molar-refractivity contribution in [2.45, 2.75) is 25.1 Å². The van der Waals surface area contributed by atoms with Crippen molar-refractivity contribution in [1.82, 2.24) is 20.3 Å². The van der Waals surface area contributed by atoms with Gasteiger partial charge in [-0.15, -0.1) is 5.10 Å². The molecule has 2 atom stereocenters. The van der Waals surface area contributed by atoms with Gasteiger partial charge in [-0.1, -0.05) is 65.3 Å². The number of amides is 1. The number of aliphatic hydroxyl groups excluding tert-OH is 1. The van der Waals surface area contributed by atoms with E-state index in [0.717, 1.165) is 5.56 Å². The number of carboxylic acid groups (broad SMARTS) is 1. The molecule has 1 heterocycles. The third-order valence-electron chi connectivity index (χ3n) is 4.31. The molecular formula is C20H19ClN4O4. The molecule has 0 aliphatic carbocycles. The zero-order valence-electron chi connectivity index (χ0n) is 15.3. The number of carboxylic acids is 1. The zero-order chi connectivity index (χ0) is 20.8. The van der Waals surface area contributed by atoms with E-state index in [1.807, 2.05) is 30.3 Å². The first-order chi connectivity index (χ1) is 13.9. The van der Waals surface area contributed by atoms with Gasteiger partial charge in [0, 0.05) is 5.02 Å². The number of aliphatic carboxylic acids is 1. The summed E-state index contributed by atoms with van der Waals surface area (Å²) in [5.41, 5.74) is 1.61. The molecule has 3 N–H and O–H groups in total. The molecule has 1 amide bonds. The van der Waals surface area contributed by atoms with Crippen LogP contribution >= 0.6 is 11.6 Å². The number of rotatable bonds is 8. The Balaban J connectivity index is 1.72. The van der Waals surface area contributed by atoms with Gasteiger partial charge in [0.15, 0.2) is 11.8 Å². The zero-order valence-corrected chi connectivity index (χ0v) is 16.0. The fourth-order valence-corrected chi connectivity index (χ4v) is 3.02. The van der Waals surface area contributed by atoms with Crippen LogP contribution in [0.1, 0.15) is 21.6 Å². The van der Waals surface area contributed by atoms with Crippen LogP contribution in [0.3, 0.4) is 0 Å². The lowest BCUT2D eigenvalue weighted by atomic mass is 10.0. The number of hydrogen-bond donors (Lipinski definition) is 3. The average molecular weight is 415 g/mol. The first kappa shape index (κ1) is 20.5. The van der Waals surface area contributed by atoms with Crippen molar-refractivity contribution >= 4 is 23.5 Å². The lowest BCUT2D eigenvalue weighted by molar-refractivity contribution is -0.148. The Bertz CT molecular complexity index is 993. The van der Waals surface area contributed by atoms with E-state index in [4.69, 9.17) is 11.6 Å². The van der Waals surface area contributed by atoms with Crippen molar-refractivity contribution in [3.8, 4) is 0 Å². The van der Waals surface area contributed by atoms with Crippen LogP contribution in [0.25, 0.3) is 0 Å². The van der Waals surface area contributed by atoms with Gasteiger partial charge in [0.1, 0.15) is 0 Å². The molecule has 3 aromatic rings. The maximum Gasteiger partial charge on any atom is 0.334 e. The normalized spacial score (nSPS) is 12.9. The second-order valence-corrected chi connectivity index (χ2v) is 6.85. The molecule has 0 saturated carbocycles. The number of halogens is 1. The Labute approximate surface area is 171 Å². The minimum absolute atomic E-state index is 0.0164. The molecule has 0 radical (unpaired) electrons. The van der Waals surface area contributed by atoms with Crippen LogP contribution in [0, 0.1) is 0 Å². The smallest absolute Gasteiger partial charge is 0.334 e. The van der Waals surface area contributed by atoms with Crippen LogP contribution < -0.4 is 5.32 Å². The number of aliphatic hydroxyl groups is 1. The van der Waals surface area contributed by atoms with Gasteiger partial charge in [-0.25, -0.2) is 9.48 Å². The number of benzene rings is 2. The molecule has 9 heteroatoms.